The lowest BCUT2D eigenvalue weighted by atomic mass is 9.70. The van der Waals surface area contributed by atoms with Gasteiger partial charge < -0.3 is 10.1 Å². The van der Waals surface area contributed by atoms with Crippen molar-refractivity contribution in [2.24, 2.45) is 5.41 Å². The normalized spacial score (nSPS) is 24.1. The van der Waals surface area contributed by atoms with Gasteiger partial charge in [-0.15, -0.1) is 0 Å². The number of halogens is 1. The second kappa shape index (κ2) is 5.54. The Labute approximate surface area is 124 Å². The van der Waals surface area contributed by atoms with E-state index in [1.54, 1.807) is 7.11 Å². The molecule has 1 unspecified atom stereocenters. The molecule has 19 heavy (non-hydrogen) atoms. The second-order valence-corrected chi connectivity index (χ2v) is 7.10. The standard InChI is InChI=1S/C14H24BrN3O/c1-13(2,3)14(6-5-7-16-14)12-11(15)10-17-18(12)8-9-19-4/h10,16H,5-9H2,1-4H3. The van der Waals surface area contributed by atoms with Gasteiger partial charge in [-0.25, -0.2) is 0 Å². The predicted molar refractivity (Wildman–Crippen MR) is 80.2 cm³/mol. The molecule has 1 aliphatic heterocycles. The van der Waals surface area contributed by atoms with E-state index in [1.807, 2.05) is 6.20 Å². The highest BCUT2D eigenvalue weighted by Crippen LogP contribution is 2.47. The molecule has 1 fully saturated rings. The van der Waals surface area contributed by atoms with Crippen molar-refractivity contribution in [1.82, 2.24) is 15.1 Å². The number of rotatable bonds is 4. The molecular weight excluding hydrogens is 306 g/mol. The van der Waals surface area contributed by atoms with E-state index >= 15 is 0 Å². The molecule has 1 atom stereocenters. The topological polar surface area (TPSA) is 39.1 Å². The number of hydrogen-bond donors (Lipinski definition) is 1. The molecule has 1 aliphatic rings. The van der Waals surface area contributed by atoms with E-state index in [1.165, 1.54) is 12.1 Å². The van der Waals surface area contributed by atoms with E-state index in [9.17, 15) is 0 Å². The summed E-state index contributed by atoms with van der Waals surface area (Å²) in [6.45, 7) is 9.43. The predicted octanol–water partition coefficient (Wildman–Crippen LogP) is 2.92. The Kier molecular flexibility index (Phi) is 4.38. The Bertz CT molecular complexity index is 430. The van der Waals surface area contributed by atoms with Crippen LogP contribution in [0.25, 0.3) is 0 Å². The van der Waals surface area contributed by atoms with Gasteiger partial charge in [-0.2, -0.15) is 5.10 Å². The minimum absolute atomic E-state index is 0.0178. The van der Waals surface area contributed by atoms with E-state index < -0.39 is 0 Å². The molecule has 0 bridgehead atoms. The van der Waals surface area contributed by atoms with Gasteiger partial charge in [0.2, 0.25) is 0 Å². The molecule has 0 radical (unpaired) electrons. The van der Waals surface area contributed by atoms with Crippen molar-refractivity contribution in [3.05, 3.63) is 16.4 Å². The van der Waals surface area contributed by atoms with Gasteiger partial charge in [0, 0.05) is 7.11 Å². The Hall–Kier alpha value is -0.390. The fraction of sp³-hybridized carbons (Fsp3) is 0.786. The fourth-order valence-corrected chi connectivity index (χ4v) is 3.71. The van der Waals surface area contributed by atoms with Crippen LogP contribution in [0.3, 0.4) is 0 Å². The Balaban J connectivity index is 2.45. The third kappa shape index (κ3) is 2.60. The molecule has 0 aromatic carbocycles. The first-order valence-corrected chi connectivity index (χ1v) is 7.67. The fourth-order valence-electron chi connectivity index (χ4n) is 3.08. The first-order valence-electron chi connectivity index (χ1n) is 6.88. The van der Waals surface area contributed by atoms with Gasteiger partial charge in [-0.1, -0.05) is 20.8 Å². The van der Waals surface area contributed by atoms with E-state index in [4.69, 9.17) is 4.74 Å². The van der Waals surface area contributed by atoms with Crippen LogP contribution in [0, 0.1) is 5.41 Å². The highest BCUT2D eigenvalue weighted by atomic mass is 79.9. The minimum atomic E-state index is -0.0178. The first-order chi connectivity index (χ1) is 8.92. The highest BCUT2D eigenvalue weighted by Gasteiger charge is 2.48. The van der Waals surface area contributed by atoms with Gasteiger partial charge in [0.1, 0.15) is 0 Å². The maximum atomic E-state index is 5.19. The Morgan fingerprint density at radius 3 is 2.79 bits per heavy atom. The lowest BCUT2D eigenvalue weighted by Gasteiger charge is -2.43. The molecule has 1 aromatic heterocycles. The van der Waals surface area contributed by atoms with Crippen LogP contribution in [0.1, 0.15) is 39.3 Å². The minimum Gasteiger partial charge on any atom is -0.383 e. The molecule has 108 valence electrons. The van der Waals surface area contributed by atoms with Crippen LogP contribution in [0.4, 0.5) is 0 Å². The average Bonchev–Trinajstić information content (AvgIpc) is 2.92. The summed E-state index contributed by atoms with van der Waals surface area (Å²) in [6.07, 6.45) is 4.26. The first kappa shape index (κ1) is 15.0. The maximum absolute atomic E-state index is 5.19. The molecule has 1 aromatic rings. The molecule has 5 heteroatoms. The van der Waals surface area contributed by atoms with Crippen molar-refractivity contribution in [3.8, 4) is 0 Å². The summed E-state index contributed by atoms with van der Waals surface area (Å²) in [4.78, 5) is 0. The summed E-state index contributed by atoms with van der Waals surface area (Å²) in [5.74, 6) is 0. The van der Waals surface area contributed by atoms with Gasteiger partial charge in [0.15, 0.2) is 0 Å². The zero-order chi connectivity index (χ0) is 14.1. The molecule has 2 heterocycles. The van der Waals surface area contributed by atoms with E-state index in [-0.39, 0.29) is 11.0 Å². The van der Waals surface area contributed by atoms with Crippen molar-refractivity contribution in [1.29, 1.82) is 0 Å². The van der Waals surface area contributed by atoms with Crippen LogP contribution in [0.15, 0.2) is 10.7 Å². The molecule has 1 N–H and O–H groups in total. The quantitative estimate of drug-likeness (QED) is 0.923. The van der Waals surface area contributed by atoms with Gasteiger partial charge in [0.25, 0.3) is 0 Å². The SMILES string of the molecule is COCCn1ncc(Br)c1C1(C(C)(C)C)CCCN1. The van der Waals surface area contributed by atoms with Crippen LogP contribution in [-0.4, -0.2) is 30.0 Å². The van der Waals surface area contributed by atoms with Crippen molar-refractivity contribution in [2.45, 2.75) is 45.7 Å². The lowest BCUT2D eigenvalue weighted by Crippen LogP contribution is -2.49. The summed E-state index contributed by atoms with van der Waals surface area (Å²) < 4.78 is 8.37. The number of ether oxygens (including phenoxy) is 1. The van der Waals surface area contributed by atoms with Crippen molar-refractivity contribution in [3.63, 3.8) is 0 Å². The van der Waals surface area contributed by atoms with Crippen molar-refractivity contribution >= 4 is 15.9 Å². The van der Waals surface area contributed by atoms with Crippen LogP contribution < -0.4 is 5.32 Å². The van der Waals surface area contributed by atoms with E-state index in [2.05, 4.69) is 51.8 Å². The third-order valence-electron chi connectivity index (χ3n) is 4.14. The smallest absolute Gasteiger partial charge is 0.0733 e. The lowest BCUT2D eigenvalue weighted by molar-refractivity contribution is 0.137. The van der Waals surface area contributed by atoms with Gasteiger partial charge in [-0.05, 0) is 40.7 Å². The van der Waals surface area contributed by atoms with E-state index in [0.717, 1.165) is 24.0 Å². The summed E-state index contributed by atoms with van der Waals surface area (Å²) in [5, 5.41) is 8.24. The zero-order valence-corrected chi connectivity index (χ0v) is 13.9. The molecule has 0 spiro atoms. The monoisotopic (exact) mass is 329 g/mol. The Morgan fingerprint density at radius 1 is 1.53 bits per heavy atom. The van der Waals surface area contributed by atoms with Gasteiger partial charge in [0.05, 0.1) is 35.1 Å². The van der Waals surface area contributed by atoms with E-state index in [0.29, 0.717) is 6.61 Å². The summed E-state index contributed by atoms with van der Waals surface area (Å²) in [5.41, 5.74) is 1.38. The molecule has 0 aliphatic carbocycles. The molecular formula is C14H24BrN3O. The summed E-state index contributed by atoms with van der Waals surface area (Å²) in [6, 6.07) is 0. The molecule has 1 saturated heterocycles. The second-order valence-electron chi connectivity index (χ2n) is 6.24. The van der Waals surface area contributed by atoms with Crippen molar-refractivity contribution in [2.75, 3.05) is 20.3 Å². The molecule has 4 nitrogen and oxygen atoms in total. The van der Waals surface area contributed by atoms with Crippen LogP contribution >= 0.6 is 15.9 Å². The summed E-state index contributed by atoms with van der Waals surface area (Å²) >= 11 is 3.68. The summed E-state index contributed by atoms with van der Waals surface area (Å²) in [7, 11) is 1.73. The third-order valence-corrected chi connectivity index (χ3v) is 4.72. The number of nitrogens with zero attached hydrogens (tertiary/aromatic N) is 2. The van der Waals surface area contributed by atoms with Crippen LogP contribution in [0.2, 0.25) is 0 Å². The van der Waals surface area contributed by atoms with Crippen molar-refractivity contribution < 1.29 is 4.74 Å². The largest absolute Gasteiger partial charge is 0.383 e. The van der Waals surface area contributed by atoms with Crippen LogP contribution in [0.5, 0.6) is 0 Å². The molecule has 0 saturated carbocycles. The van der Waals surface area contributed by atoms with Crippen LogP contribution in [-0.2, 0) is 16.8 Å². The number of nitrogens with one attached hydrogen (secondary N) is 1. The average molecular weight is 330 g/mol. The maximum Gasteiger partial charge on any atom is 0.0733 e. The Morgan fingerprint density at radius 2 is 2.26 bits per heavy atom. The van der Waals surface area contributed by atoms with Gasteiger partial charge >= 0.3 is 0 Å². The molecule has 0 amide bonds. The molecule has 2 rings (SSSR count). The van der Waals surface area contributed by atoms with Gasteiger partial charge in [-0.3, -0.25) is 4.68 Å². The number of methoxy groups -OCH3 is 1. The zero-order valence-electron chi connectivity index (χ0n) is 12.3. The number of hydrogen-bond acceptors (Lipinski definition) is 3. The number of aromatic nitrogens is 2. The highest BCUT2D eigenvalue weighted by molar-refractivity contribution is 9.10.